The van der Waals surface area contributed by atoms with Gasteiger partial charge in [-0.25, -0.2) is 9.59 Å². The molecule has 0 spiro atoms. The van der Waals surface area contributed by atoms with E-state index in [1.807, 2.05) is 41.9 Å². The molecular formula is C52H51NO4S2. The van der Waals surface area contributed by atoms with Crippen molar-refractivity contribution in [2.24, 2.45) is 4.99 Å². The van der Waals surface area contributed by atoms with Crippen molar-refractivity contribution >= 4 is 58.1 Å². The summed E-state index contributed by atoms with van der Waals surface area (Å²) in [5.74, 6) is 14.6. The summed E-state index contributed by atoms with van der Waals surface area (Å²) in [4.78, 5) is 30.1. The predicted octanol–water partition coefficient (Wildman–Crippen LogP) is 12.5. The Hall–Kier alpha value is -5.73. The minimum atomic E-state index is -0.312. The second-order valence-electron chi connectivity index (χ2n) is 14.3. The number of unbranched alkanes of at least 4 members (excludes halogenated alkanes) is 4. The fourth-order valence-corrected chi connectivity index (χ4v) is 7.55. The second-order valence-corrected chi connectivity index (χ2v) is 16.6. The first kappa shape index (κ1) is 44.4. The van der Waals surface area contributed by atoms with Gasteiger partial charge < -0.3 is 9.47 Å². The molecule has 0 aliphatic heterocycles. The number of thioether (sulfide) groups is 2. The molecule has 0 radical (unpaired) electrons. The van der Waals surface area contributed by atoms with Crippen LogP contribution in [0.3, 0.4) is 0 Å². The van der Waals surface area contributed by atoms with Crippen LogP contribution in [-0.4, -0.2) is 42.9 Å². The molecule has 0 heterocycles. The van der Waals surface area contributed by atoms with Crippen molar-refractivity contribution in [3.63, 3.8) is 0 Å². The molecule has 5 rings (SSSR count). The largest absolute Gasteiger partial charge is 0.462 e. The molecule has 0 saturated heterocycles. The van der Waals surface area contributed by atoms with E-state index < -0.39 is 0 Å². The molecule has 59 heavy (non-hydrogen) atoms. The monoisotopic (exact) mass is 817 g/mol. The zero-order valence-electron chi connectivity index (χ0n) is 34.3. The second kappa shape index (κ2) is 23.6. The number of esters is 2. The van der Waals surface area contributed by atoms with Crippen molar-refractivity contribution in [1.82, 2.24) is 0 Å². The van der Waals surface area contributed by atoms with E-state index in [1.165, 1.54) is 9.79 Å². The van der Waals surface area contributed by atoms with Gasteiger partial charge in [-0.3, -0.25) is 4.99 Å². The highest BCUT2D eigenvalue weighted by atomic mass is 32.2. The molecule has 5 aromatic carbocycles. The Bertz CT molecular complexity index is 2410. The van der Waals surface area contributed by atoms with Gasteiger partial charge in [0.25, 0.3) is 0 Å². The van der Waals surface area contributed by atoms with Gasteiger partial charge >= 0.3 is 11.9 Å². The normalized spacial score (nSPS) is 10.7. The molecule has 0 bridgehead atoms. The quantitative estimate of drug-likeness (QED) is 0.0219. The Balaban J connectivity index is 1.05. The van der Waals surface area contributed by atoms with Gasteiger partial charge in [0, 0.05) is 49.4 Å². The van der Waals surface area contributed by atoms with Crippen LogP contribution in [0, 0.1) is 30.6 Å². The summed E-state index contributed by atoms with van der Waals surface area (Å²) in [5, 5.41) is 2.27. The Kier molecular flexibility index (Phi) is 17.8. The molecule has 5 aromatic rings. The maximum Gasteiger partial charge on any atom is 0.333 e. The molecule has 0 saturated carbocycles. The Morgan fingerprint density at radius 1 is 0.576 bits per heavy atom. The van der Waals surface area contributed by atoms with Crippen LogP contribution in [0.2, 0.25) is 0 Å². The number of rotatable bonds is 18. The Labute approximate surface area is 358 Å². The molecule has 0 amide bonds. The Morgan fingerprint density at radius 2 is 1.03 bits per heavy atom. The summed E-state index contributed by atoms with van der Waals surface area (Å²) in [7, 11) is 0. The van der Waals surface area contributed by atoms with Crippen molar-refractivity contribution in [2.75, 3.05) is 24.7 Å². The summed E-state index contributed by atoms with van der Waals surface area (Å²) < 4.78 is 10.3. The minimum absolute atomic E-state index is 0.311. The lowest BCUT2D eigenvalue weighted by Crippen LogP contribution is -2.06. The molecule has 5 nitrogen and oxygen atoms in total. The van der Waals surface area contributed by atoms with Crippen LogP contribution in [0.15, 0.2) is 142 Å². The molecule has 0 fully saturated rings. The fraction of sp³-hybridized carbons (Fsp3) is 0.250. The van der Waals surface area contributed by atoms with E-state index in [0.29, 0.717) is 24.4 Å². The number of aliphatic imine (C=N–C) groups is 1. The number of fused-ring (bicyclic) bond motifs is 1. The highest BCUT2D eigenvalue weighted by Gasteiger charge is 2.04. The zero-order valence-corrected chi connectivity index (χ0v) is 35.9. The van der Waals surface area contributed by atoms with Gasteiger partial charge in [-0.05, 0) is 178 Å². The van der Waals surface area contributed by atoms with Gasteiger partial charge in [0.15, 0.2) is 0 Å². The van der Waals surface area contributed by atoms with Crippen LogP contribution in [0.5, 0.6) is 0 Å². The maximum absolute atomic E-state index is 11.4. The van der Waals surface area contributed by atoms with Gasteiger partial charge in [0.1, 0.15) is 0 Å². The van der Waals surface area contributed by atoms with Crippen LogP contribution in [0.25, 0.3) is 10.8 Å². The van der Waals surface area contributed by atoms with E-state index in [1.54, 1.807) is 13.8 Å². The number of carbonyl (C=O) groups excluding carboxylic acids is 2. The molecule has 0 unspecified atom stereocenters. The summed E-state index contributed by atoms with van der Waals surface area (Å²) >= 11 is 3.66. The lowest BCUT2D eigenvalue weighted by Gasteiger charge is -2.04. The highest BCUT2D eigenvalue weighted by Crippen LogP contribution is 2.24. The molecular weight excluding hydrogens is 767 g/mol. The minimum Gasteiger partial charge on any atom is -0.462 e. The first-order chi connectivity index (χ1) is 28.6. The Morgan fingerprint density at radius 3 is 1.56 bits per heavy atom. The summed E-state index contributed by atoms with van der Waals surface area (Å²) in [5.41, 5.74) is 7.79. The molecule has 7 heteroatoms. The van der Waals surface area contributed by atoms with Gasteiger partial charge in [0.2, 0.25) is 0 Å². The van der Waals surface area contributed by atoms with Crippen LogP contribution in [-0.2, 0) is 19.1 Å². The fourth-order valence-electron chi connectivity index (χ4n) is 5.72. The van der Waals surface area contributed by atoms with Crippen LogP contribution in [0.4, 0.5) is 5.69 Å². The van der Waals surface area contributed by atoms with E-state index in [9.17, 15) is 9.59 Å². The van der Waals surface area contributed by atoms with Crippen molar-refractivity contribution in [2.45, 2.75) is 69.1 Å². The lowest BCUT2D eigenvalue weighted by atomic mass is 10.0. The van der Waals surface area contributed by atoms with Gasteiger partial charge in [0.05, 0.1) is 18.9 Å². The number of hydrogen-bond donors (Lipinski definition) is 0. The average Bonchev–Trinajstić information content (AvgIpc) is 3.24. The van der Waals surface area contributed by atoms with Crippen LogP contribution < -0.4 is 0 Å². The van der Waals surface area contributed by atoms with Crippen molar-refractivity contribution < 1.29 is 19.1 Å². The van der Waals surface area contributed by atoms with Gasteiger partial charge in [-0.1, -0.05) is 55.0 Å². The van der Waals surface area contributed by atoms with Crippen molar-refractivity contribution in [3.8, 4) is 23.7 Å². The van der Waals surface area contributed by atoms with Gasteiger partial charge in [-0.15, -0.1) is 23.5 Å². The SMILES string of the molecule is C=C(C)C(=O)OCCCCCSc1ccc(C#Cc2ccc(N=Cc3ccc4cc(C#Cc5ccc(SCCCCCOC(=O)C(=C)C)cc5)ccc4c3)c(C)c2)cc1. The van der Waals surface area contributed by atoms with E-state index in [-0.39, 0.29) is 11.9 Å². The number of carbonyl (C=O) groups is 2. The number of hydrogen-bond acceptors (Lipinski definition) is 7. The van der Waals surface area contributed by atoms with E-state index >= 15 is 0 Å². The third-order valence-corrected chi connectivity index (χ3v) is 11.3. The highest BCUT2D eigenvalue weighted by molar-refractivity contribution is 7.99. The van der Waals surface area contributed by atoms with Crippen molar-refractivity contribution in [1.29, 1.82) is 0 Å². The molecule has 300 valence electrons. The molecule has 0 aliphatic carbocycles. The number of aryl methyl sites for hydroxylation is 1. The van der Waals surface area contributed by atoms with E-state index in [4.69, 9.17) is 14.5 Å². The summed E-state index contributed by atoms with van der Waals surface area (Å²) in [6.07, 6.45) is 7.82. The molecule has 0 aromatic heterocycles. The topological polar surface area (TPSA) is 65.0 Å². The first-order valence-corrected chi connectivity index (χ1v) is 21.9. The maximum atomic E-state index is 11.4. The molecule has 0 atom stereocenters. The van der Waals surface area contributed by atoms with Crippen molar-refractivity contribution in [3.05, 3.63) is 161 Å². The summed E-state index contributed by atoms with van der Waals surface area (Å²) in [6, 6.07) is 35.6. The third-order valence-electron chi connectivity index (χ3n) is 9.10. The number of nitrogens with zero attached hydrogens (tertiary/aromatic N) is 1. The van der Waals surface area contributed by atoms with Gasteiger partial charge in [-0.2, -0.15) is 0 Å². The molecule has 0 aliphatic rings. The smallest absolute Gasteiger partial charge is 0.333 e. The van der Waals surface area contributed by atoms with E-state index in [0.717, 1.165) is 99.9 Å². The number of benzene rings is 5. The van der Waals surface area contributed by atoms with E-state index in [2.05, 4.69) is 135 Å². The molecule has 0 N–H and O–H groups in total. The third kappa shape index (κ3) is 15.5. The predicted molar refractivity (Wildman–Crippen MR) is 248 cm³/mol. The first-order valence-electron chi connectivity index (χ1n) is 20.0. The van der Waals surface area contributed by atoms with Crippen LogP contribution in [0.1, 0.15) is 85.8 Å². The van der Waals surface area contributed by atoms with Crippen LogP contribution >= 0.6 is 23.5 Å². The lowest BCUT2D eigenvalue weighted by molar-refractivity contribution is -0.139. The average molecular weight is 818 g/mol. The summed E-state index contributed by atoms with van der Waals surface area (Å²) in [6.45, 7) is 13.5. The zero-order chi connectivity index (χ0) is 41.8. The standard InChI is InChI=1S/C52H51NO4S2/c1-38(2)51(54)56-30-8-6-10-32-58-48-25-18-41(19-26-48)12-14-43-22-29-50(40(5)34-43)53-37-45-17-24-46-35-44(16-23-47(46)36-45)15-13-42-20-27-49(28-21-42)59-33-11-7-9-31-57-52(55)39(3)4/h16-29,34-37H,1,3,6-11,30-33H2,2,4-5H3. The number of ether oxygens (including phenoxy) is 2.